The molecule has 3 nitrogen and oxygen atoms in total. The van der Waals surface area contributed by atoms with Crippen molar-refractivity contribution in [2.45, 2.75) is 13.8 Å². The molecule has 11 heavy (non-hydrogen) atoms. The summed E-state index contributed by atoms with van der Waals surface area (Å²) in [7, 11) is 0. The number of nitrogens with zero attached hydrogens (tertiary/aromatic N) is 2. The minimum Gasteiger partial charge on any atom is -0.197 e. The van der Waals surface area contributed by atoms with Gasteiger partial charge in [0.25, 0.3) is 0 Å². The molecule has 0 radical (unpaired) electrons. The van der Waals surface area contributed by atoms with Crippen LogP contribution in [0, 0.1) is 0 Å². The van der Waals surface area contributed by atoms with Crippen LogP contribution < -0.4 is 0 Å². The highest BCUT2D eigenvalue weighted by atomic mass is 15.3. The molecule has 0 amide bonds. The van der Waals surface area contributed by atoms with Gasteiger partial charge in [-0.3, -0.25) is 0 Å². The van der Waals surface area contributed by atoms with Gasteiger partial charge in [-0.05, 0) is 12.1 Å². The Morgan fingerprint density at radius 2 is 1.55 bits per heavy atom. The van der Waals surface area contributed by atoms with Gasteiger partial charge in [0.15, 0.2) is 0 Å². The molecule has 1 aromatic carbocycles. The average molecular weight is 151 g/mol. The third-order valence-electron chi connectivity index (χ3n) is 1.22. The lowest BCUT2D eigenvalue weighted by Crippen LogP contribution is -1.63. The Kier molecular flexibility index (Phi) is 2.60. The van der Waals surface area contributed by atoms with E-state index in [1.807, 2.05) is 38.1 Å². The molecule has 3 heteroatoms. The van der Waals surface area contributed by atoms with Crippen molar-refractivity contribution < 1.29 is 1.43 Å². The highest BCUT2D eigenvalue weighted by Gasteiger charge is 1.90. The molecule has 0 aliphatic heterocycles. The van der Waals surface area contributed by atoms with Crippen LogP contribution in [-0.2, 0) is 0 Å². The summed E-state index contributed by atoms with van der Waals surface area (Å²) in [4.78, 5) is 0. The number of fused-ring (bicyclic) bond motifs is 1. The first kappa shape index (κ1) is 7.72. The first-order valence-electron chi connectivity index (χ1n) is 3.72. The molecule has 0 spiro atoms. The Morgan fingerprint density at radius 3 is 2.00 bits per heavy atom. The first-order chi connectivity index (χ1) is 5.47. The number of aromatic amines is 1. The van der Waals surface area contributed by atoms with E-state index in [2.05, 4.69) is 15.4 Å². The van der Waals surface area contributed by atoms with Crippen molar-refractivity contribution in [3.05, 3.63) is 24.3 Å². The molecule has 0 unspecified atom stereocenters. The minimum absolute atomic E-state index is 0. The fourth-order valence-electron chi connectivity index (χ4n) is 0.786. The second-order valence-electron chi connectivity index (χ2n) is 1.81. The summed E-state index contributed by atoms with van der Waals surface area (Å²) in [5.41, 5.74) is 1.83. The summed E-state index contributed by atoms with van der Waals surface area (Å²) >= 11 is 0. The minimum atomic E-state index is 0. The molecule has 60 valence electrons. The van der Waals surface area contributed by atoms with Crippen molar-refractivity contribution in [1.82, 2.24) is 15.4 Å². The van der Waals surface area contributed by atoms with Gasteiger partial charge in [-0.1, -0.05) is 26.0 Å². The Bertz CT molecular complexity index is 288. The summed E-state index contributed by atoms with van der Waals surface area (Å²) in [6, 6.07) is 7.70. The fraction of sp³-hybridized carbons (Fsp3) is 0.250. The van der Waals surface area contributed by atoms with Crippen LogP contribution in [0.25, 0.3) is 11.0 Å². The van der Waals surface area contributed by atoms with Gasteiger partial charge >= 0.3 is 0 Å². The van der Waals surface area contributed by atoms with Crippen molar-refractivity contribution in [2.75, 3.05) is 0 Å². The fourth-order valence-corrected chi connectivity index (χ4v) is 0.786. The number of benzene rings is 1. The highest BCUT2D eigenvalue weighted by molar-refractivity contribution is 5.72. The summed E-state index contributed by atoms with van der Waals surface area (Å²) in [6.45, 7) is 4.00. The van der Waals surface area contributed by atoms with Crippen molar-refractivity contribution in [1.29, 1.82) is 0 Å². The molecule has 2 rings (SSSR count). The molecule has 0 saturated carbocycles. The van der Waals surface area contributed by atoms with Gasteiger partial charge in [0.2, 0.25) is 0 Å². The Balaban J connectivity index is 0.000000378. The number of aromatic nitrogens is 3. The molecular formula is C8H13N3. The van der Waals surface area contributed by atoms with Crippen LogP contribution in [0.3, 0.4) is 0 Å². The quantitative estimate of drug-likeness (QED) is 0.627. The standard InChI is InChI=1S/C6H5N3.C2H6.H2/c1-2-4-6-5(3-1)7-9-8-6;1-2;/h1-4H,(H,7,8,9);1-2H3;1H. The highest BCUT2D eigenvalue weighted by Crippen LogP contribution is 2.03. The summed E-state index contributed by atoms with van der Waals surface area (Å²) in [5, 5.41) is 10.3. The maximum Gasteiger partial charge on any atom is 0.112 e. The topological polar surface area (TPSA) is 41.6 Å². The van der Waals surface area contributed by atoms with E-state index in [9.17, 15) is 0 Å². The monoisotopic (exact) mass is 151 g/mol. The van der Waals surface area contributed by atoms with Gasteiger partial charge in [0, 0.05) is 1.43 Å². The third-order valence-corrected chi connectivity index (χ3v) is 1.22. The van der Waals surface area contributed by atoms with E-state index in [1.54, 1.807) is 0 Å². The van der Waals surface area contributed by atoms with Gasteiger partial charge in [-0.15, -0.1) is 0 Å². The van der Waals surface area contributed by atoms with Gasteiger partial charge in [-0.2, -0.15) is 15.4 Å². The van der Waals surface area contributed by atoms with Crippen LogP contribution in [0.15, 0.2) is 24.3 Å². The molecule has 1 N–H and O–H groups in total. The zero-order valence-corrected chi connectivity index (χ0v) is 6.70. The molecule has 1 aromatic heterocycles. The molecule has 0 atom stereocenters. The molecule has 0 aliphatic carbocycles. The largest absolute Gasteiger partial charge is 0.197 e. The van der Waals surface area contributed by atoms with Gasteiger partial charge in [-0.25, -0.2) is 0 Å². The Hall–Kier alpha value is -1.38. The Morgan fingerprint density at radius 1 is 1.09 bits per heavy atom. The van der Waals surface area contributed by atoms with Crippen LogP contribution in [0.5, 0.6) is 0 Å². The summed E-state index contributed by atoms with van der Waals surface area (Å²) in [6.07, 6.45) is 0. The zero-order chi connectivity index (χ0) is 8.10. The molecule has 0 fully saturated rings. The predicted molar refractivity (Wildman–Crippen MR) is 47.4 cm³/mol. The van der Waals surface area contributed by atoms with Crippen LogP contribution in [0.2, 0.25) is 0 Å². The lowest BCUT2D eigenvalue weighted by molar-refractivity contribution is 0.959. The van der Waals surface area contributed by atoms with Crippen LogP contribution in [-0.4, -0.2) is 15.4 Å². The Labute approximate surface area is 66.9 Å². The van der Waals surface area contributed by atoms with E-state index in [1.165, 1.54) is 0 Å². The maximum absolute atomic E-state index is 3.88. The second kappa shape index (κ2) is 3.71. The number of H-pyrrole nitrogens is 1. The summed E-state index contributed by atoms with van der Waals surface area (Å²) < 4.78 is 0. The normalized spacial score (nSPS) is 8.91. The molecule has 1 heterocycles. The number of para-hydroxylation sites is 2. The third kappa shape index (κ3) is 1.55. The second-order valence-corrected chi connectivity index (χ2v) is 1.81. The lowest BCUT2D eigenvalue weighted by atomic mass is 10.3. The SMILES string of the molecule is CC.[HH].c1ccc2n[nH]nc2c1. The number of nitrogens with one attached hydrogen (secondary N) is 1. The molecule has 0 bridgehead atoms. The van der Waals surface area contributed by atoms with Gasteiger partial charge < -0.3 is 0 Å². The van der Waals surface area contributed by atoms with E-state index in [-0.39, 0.29) is 1.43 Å². The first-order valence-corrected chi connectivity index (χ1v) is 3.72. The molecule has 0 aliphatic rings. The van der Waals surface area contributed by atoms with Gasteiger partial charge in [0.05, 0.1) is 0 Å². The summed E-state index contributed by atoms with van der Waals surface area (Å²) in [5.74, 6) is 0. The molecule has 2 aromatic rings. The van der Waals surface area contributed by atoms with Crippen LogP contribution >= 0.6 is 0 Å². The number of hydrogen-bond donors (Lipinski definition) is 1. The van der Waals surface area contributed by atoms with E-state index >= 15 is 0 Å². The van der Waals surface area contributed by atoms with E-state index < -0.39 is 0 Å². The predicted octanol–water partition coefficient (Wildman–Crippen LogP) is 2.23. The van der Waals surface area contributed by atoms with E-state index in [0.29, 0.717) is 0 Å². The smallest absolute Gasteiger partial charge is 0.112 e. The maximum atomic E-state index is 3.88. The number of hydrogen-bond acceptors (Lipinski definition) is 2. The lowest BCUT2D eigenvalue weighted by Gasteiger charge is -1.78. The van der Waals surface area contributed by atoms with E-state index in [0.717, 1.165) is 11.0 Å². The van der Waals surface area contributed by atoms with E-state index in [4.69, 9.17) is 0 Å². The molecule has 0 saturated heterocycles. The number of rotatable bonds is 0. The van der Waals surface area contributed by atoms with Crippen molar-refractivity contribution in [3.8, 4) is 0 Å². The van der Waals surface area contributed by atoms with Crippen LogP contribution in [0.1, 0.15) is 15.3 Å². The average Bonchev–Trinajstić information content (AvgIpc) is 2.55. The van der Waals surface area contributed by atoms with Crippen molar-refractivity contribution in [3.63, 3.8) is 0 Å². The van der Waals surface area contributed by atoms with Crippen molar-refractivity contribution >= 4 is 11.0 Å². The van der Waals surface area contributed by atoms with Gasteiger partial charge in [0.1, 0.15) is 11.0 Å². The van der Waals surface area contributed by atoms with Crippen LogP contribution in [0.4, 0.5) is 0 Å². The zero-order valence-electron chi connectivity index (χ0n) is 6.70. The molecular weight excluding hydrogens is 138 g/mol. The van der Waals surface area contributed by atoms with Crippen molar-refractivity contribution in [2.24, 2.45) is 0 Å².